The Kier molecular flexibility index (Phi) is 24.8. The summed E-state index contributed by atoms with van der Waals surface area (Å²) in [6.07, 6.45) is 0. The monoisotopic (exact) mass is 1610 g/mol. The lowest BCUT2D eigenvalue weighted by Crippen LogP contribution is -2.00. The second-order valence-corrected chi connectivity index (χ2v) is 29.1. The molecule has 0 aliphatic heterocycles. The molecule has 11 rings (SSSR count). The third-order valence-corrected chi connectivity index (χ3v) is 20.1. The van der Waals surface area contributed by atoms with E-state index in [-0.39, 0.29) is 110 Å². The van der Waals surface area contributed by atoms with E-state index in [2.05, 4.69) is 88.6 Å². The molecular weight excluding hydrogens is 1570 g/mol. The van der Waals surface area contributed by atoms with Gasteiger partial charge in [0.1, 0.15) is 65.1 Å². The number of azo groups is 5. The van der Waals surface area contributed by atoms with Gasteiger partial charge in [-0.15, -0.1) is 58.2 Å². The van der Waals surface area contributed by atoms with Crippen molar-refractivity contribution in [2.45, 2.75) is 39.2 Å². The highest BCUT2D eigenvalue weighted by Crippen LogP contribution is 2.52. The smallest absolute Gasteiger partial charge is 0.296 e. The number of anilines is 2. The standard InChI is InChI=1S/C42H29N9O21S6.C16H13N3O7S2/c43-35-34-21(14-29(74-71-68-56)36(35)48-44-22-11-9-19-13-30(75-72-69-57)37(40(52)24(19)17-22)49-47-27-6-2-4-8-31(27)76(58,59)60)16-33(78(64,65)66)39(42(34)54)50-45-23-12-10-20-15-32(77(61,62)63)38(41(53)25(20)18-23)51-46-26-5-1-3-7-28(26)73-70-67-55;17-10-6-5-9-7-13(27-26-25-21)15(16(20)11(9)8-10)19-18-12-3-1-2-4-14(12)28(22,23)24/h1-18,52-57H,43H2,(H,58,59,60)(H,61,62,63)(H,64,65,66);1-8,20-21H,17H2,(H,22,23,24). The number of aromatic hydroxyl groups is 4. The van der Waals surface area contributed by atoms with Crippen molar-refractivity contribution in [1.29, 1.82) is 0 Å². The fourth-order valence-electron chi connectivity index (χ4n) is 9.59. The van der Waals surface area contributed by atoms with Crippen LogP contribution in [0, 0.1) is 0 Å². The summed E-state index contributed by atoms with van der Waals surface area (Å²) in [5.74, 6) is -2.76. The summed E-state index contributed by atoms with van der Waals surface area (Å²) >= 11 is 1.68. The first-order chi connectivity index (χ1) is 50.4. The second-order valence-electron chi connectivity index (χ2n) is 20.5. The topological polar surface area (TPSA) is 629 Å². The van der Waals surface area contributed by atoms with Gasteiger partial charge in [0.05, 0.1) is 90.2 Å². The number of fused-ring (bicyclic) bond motifs is 4. The van der Waals surface area contributed by atoms with Crippen molar-refractivity contribution in [2.75, 3.05) is 11.5 Å². The number of benzene rings is 11. The van der Waals surface area contributed by atoms with E-state index in [1.54, 1.807) is 24.3 Å². The Balaban J connectivity index is 0.000000358. The van der Waals surface area contributed by atoms with Crippen molar-refractivity contribution in [3.63, 3.8) is 0 Å². The van der Waals surface area contributed by atoms with Gasteiger partial charge in [0.15, 0.2) is 23.0 Å². The Labute approximate surface area is 609 Å². The first kappa shape index (κ1) is 78.4. The molecule has 0 heterocycles. The summed E-state index contributed by atoms with van der Waals surface area (Å²) in [4.78, 5) is -2.72. The van der Waals surface area contributed by atoms with Crippen LogP contribution in [0.25, 0.3) is 43.1 Å². The third-order valence-electron chi connectivity index (χ3n) is 14.1. The minimum absolute atomic E-state index is 0.00354. The quantitative estimate of drug-likeness (QED) is 0.00598. The summed E-state index contributed by atoms with van der Waals surface area (Å²) in [5, 5.41) is 135. The van der Waals surface area contributed by atoms with Crippen molar-refractivity contribution in [3.05, 3.63) is 158 Å². The van der Waals surface area contributed by atoms with E-state index >= 15 is 0 Å². The van der Waals surface area contributed by atoms with Crippen LogP contribution < -0.4 is 11.5 Å². The number of nitrogens with two attached hydrogens (primary N) is 2. The lowest BCUT2D eigenvalue weighted by Gasteiger charge is -2.14. The summed E-state index contributed by atoms with van der Waals surface area (Å²) in [6.45, 7) is 0. The first-order valence-corrected chi connectivity index (χ1v) is 36.8. The fraction of sp³-hybridized carbons (Fsp3) is 0. The Hall–Kier alpha value is -10.2. The Morgan fingerprint density at radius 3 is 1.12 bits per heavy atom. The van der Waals surface area contributed by atoms with Crippen molar-refractivity contribution >= 4 is 200 Å². The molecule has 11 aromatic carbocycles. The van der Waals surface area contributed by atoms with Crippen LogP contribution in [0.3, 0.4) is 0 Å². The number of nitrogen functional groups attached to an aromatic ring is 2. The molecule has 0 atom stereocenters. The molecule has 0 aliphatic rings. The van der Waals surface area contributed by atoms with Gasteiger partial charge in [-0.25, -0.2) is 21.0 Å². The van der Waals surface area contributed by atoms with Crippen LogP contribution in [-0.2, 0) is 78.0 Å². The number of rotatable bonds is 26. The molecule has 0 aliphatic carbocycles. The van der Waals surface area contributed by atoms with Crippen LogP contribution in [0.15, 0.2) is 248 Å². The normalized spacial score (nSPS) is 12.6. The van der Waals surface area contributed by atoms with Crippen LogP contribution in [0.1, 0.15) is 0 Å². The molecular formula is C58H42N12O28S8. The molecule has 0 aromatic heterocycles. The average Bonchev–Trinajstić information content (AvgIpc) is 0.748. The largest absolute Gasteiger partial charge is 0.505 e. The molecule has 11 aromatic rings. The van der Waals surface area contributed by atoms with Crippen molar-refractivity contribution < 1.29 is 131 Å². The van der Waals surface area contributed by atoms with E-state index in [1.807, 2.05) is 0 Å². The Bertz CT molecular complexity index is 5930. The third kappa shape index (κ3) is 18.2. The van der Waals surface area contributed by atoms with Crippen molar-refractivity contribution in [2.24, 2.45) is 51.1 Å². The van der Waals surface area contributed by atoms with Gasteiger partial charge in [-0.05, 0) is 125 Å². The molecule has 550 valence electrons. The average molecular weight is 1610 g/mol. The molecule has 0 saturated carbocycles. The van der Waals surface area contributed by atoms with Gasteiger partial charge in [0.25, 0.3) is 40.5 Å². The Morgan fingerprint density at radius 1 is 0.311 bits per heavy atom. The summed E-state index contributed by atoms with van der Waals surface area (Å²) < 4.78 is 155. The molecule has 0 amide bonds. The lowest BCUT2D eigenvalue weighted by molar-refractivity contribution is -0.432. The van der Waals surface area contributed by atoms with Gasteiger partial charge in [-0.1, -0.05) is 74.8 Å². The van der Waals surface area contributed by atoms with Gasteiger partial charge in [-0.3, -0.25) is 18.2 Å². The van der Waals surface area contributed by atoms with Gasteiger partial charge < -0.3 is 31.9 Å². The molecule has 40 nitrogen and oxygen atoms in total. The summed E-state index contributed by atoms with van der Waals surface area (Å²) in [5.41, 5.74) is 9.20. The number of hydrogen-bond donors (Lipinski definition) is 14. The highest BCUT2D eigenvalue weighted by molar-refractivity contribution is 7.95. The number of phenols is 4. The molecule has 0 unspecified atom stereocenters. The van der Waals surface area contributed by atoms with Gasteiger partial charge >= 0.3 is 0 Å². The molecule has 0 bridgehead atoms. The van der Waals surface area contributed by atoms with Gasteiger partial charge in [0.2, 0.25) is 0 Å². The summed E-state index contributed by atoms with van der Waals surface area (Å²) in [6, 6.07) is 34.7. The van der Waals surface area contributed by atoms with E-state index < -0.39 is 94.4 Å². The highest BCUT2D eigenvalue weighted by Gasteiger charge is 2.28. The first-order valence-electron chi connectivity index (χ1n) is 28.1. The van der Waals surface area contributed by atoms with Crippen LogP contribution in [0.2, 0.25) is 0 Å². The van der Waals surface area contributed by atoms with E-state index in [1.165, 1.54) is 97.1 Å². The van der Waals surface area contributed by atoms with E-state index in [0.29, 0.717) is 58.0 Å². The fourth-order valence-corrected chi connectivity index (χ4v) is 14.1. The van der Waals surface area contributed by atoms with Crippen molar-refractivity contribution in [1.82, 2.24) is 0 Å². The molecule has 48 heteroatoms. The minimum atomic E-state index is -5.28. The predicted molar refractivity (Wildman–Crippen MR) is 373 cm³/mol. The maximum atomic E-state index is 12.9. The maximum Gasteiger partial charge on any atom is 0.296 e. The van der Waals surface area contributed by atoms with Crippen LogP contribution in [0.4, 0.5) is 68.2 Å². The molecule has 0 fully saturated rings. The lowest BCUT2D eigenvalue weighted by atomic mass is 10.0. The van der Waals surface area contributed by atoms with Crippen LogP contribution in [-0.4, -0.2) is 93.3 Å². The van der Waals surface area contributed by atoms with Crippen LogP contribution >= 0.6 is 48.2 Å². The van der Waals surface area contributed by atoms with E-state index in [4.69, 9.17) is 32.5 Å². The number of nitrogens with zero attached hydrogens (tertiary/aromatic N) is 10. The summed E-state index contributed by atoms with van der Waals surface area (Å²) in [7, 11) is -19.7. The highest BCUT2D eigenvalue weighted by atomic mass is 32.2. The van der Waals surface area contributed by atoms with Gasteiger partial charge in [0, 0.05) is 21.8 Å². The van der Waals surface area contributed by atoms with E-state index in [9.17, 15) is 72.3 Å². The molecule has 0 saturated heterocycles. The molecule has 16 N–H and O–H groups in total. The zero-order valence-electron chi connectivity index (χ0n) is 51.8. The molecule has 0 radical (unpaired) electrons. The van der Waals surface area contributed by atoms with Crippen LogP contribution in [0.5, 0.6) is 23.0 Å². The molecule has 106 heavy (non-hydrogen) atoms. The molecule has 0 spiro atoms. The Morgan fingerprint density at radius 2 is 0.651 bits per heavy atom. The van der Waals surface area contributed by atoms with Crippen molar-refractivity contribution in [3.8, 4) is 23.0 Å². The SMILES string of the molecule is Nc1c(N=Nc2ccc3cc(SOOO)c(N=Nc4ccccc4S(=O)(=O)O)c(O)c3c2)c(SOOO)cc2cc(S(=O)(=O)O)c(N=Nc3ccc4cc(S(=O)(=O)O)c(N=Nc5ccccc5SOOO)c(O)c4c3)c(O)c12.Nc1ccc2cc(SOOO)c(N=Nc3ccccc3S(=O)(=O)O)c(O)c2c1. The number of hydrogen-bond acceptors (Lipinski definition) is 40. The maximum absolute atomic E-state index is 12.9. The number of phenolic OH excluding ortho intramolecular Hbond substituents is 4. The van der Waals surface area contributed by atoms with E-state index in [0.717, 1.165) is 36.4 Å². The zero-order valence-corrected chi connectivity index (χ0v) is 58.3. The zero-order chi connectivity index (χ0) is 76.4. The minimum Gasteiger partial charge on any atom is -0.505 e. The predicted octanol–water partition coefficient (Wildman–Crippen LogP) is 16.7. The van der Waals surface area contributed by atoms with Gasteiger partial charge in [-0.2, -0.15) is 43.9 Å². The second kappa shape index (κ2) is 33.5.